The van der Waals surface area contributed by atoms with Crippen LogP contribution >= 0.6 is 31.0 Å². The van der Waals surface area contributed by atoms with E-state index in [2.05, 4.69) is 24.7 Å². The van der Waals surface area contributed by atoms with Gasteiger partial charge in [0.2, 0.25) is 5.82 Å². The largest absolute Gasteiger partial charge is 0.790 e. The molecule has 20 heteroatoms. The number of halogens is 5. The molecule has 0 unspecified atom stereocenters. The summed E-state index contributed by atoms with van der Waals surface area (Å²) in [7, 11) is -6.12. The molecule has 0 radical (unpaired) electrons. The normalized spacial score (nSPS) is 13.0. The number of alkyl halides is 3. The Kier molecular flexibility index (Phi) is 8.16. The molecule has 0 saturated carbocycles. The lowest BCUT2D eigenvalue weighted by Gasteiger charge is -2.34. The number of hydrogen-bond acceptors (Lipinski definition) is 10. The molecule has 2 N–H and O–H groups in total. The van der Waals surface area contributed by atoms with Crippen molar-refractivity contribution in [1.82, 2.24) is 34.1 Å². The lowest BCUT2D eigenvalue weighted by Crippen LogP contribution is -2.40. The highest BCUT2D eigenvalue weighted by atomic mass is 35.5. The molecule has 14 nitrogen and oxygen atoms in total. The summed E-state index contributed by atoms with van der Waals surface area (Å²) in [5, 5.41) is 8.45. The molecule has 0 fully saturated rings. The Bertz CT molecular complexity index is 1670. The van der Waals surface area contributed by atoms with Crippen molar-refractivity contribution < 1.29 is 36.8 Å². The number of primary amides is 1. The zero-order valence-corrected chi connectivity index (χ0v) is 21.9. The Morgan fingerprint density at radius 1 is 1.15 bits per heavy atom. The lowest BCUT2D eigenvalue weighted by atomic mass is 10.2. The molecule has 0 bridgehead atoms. The SMILES string of the molecule is NC(=O)c1nc(Cn2nc(-c3ccc(Cl)cc3)n(C[C@H](OP(=O)([O-])[O-])C(F)(F)F)c2=O)nn1-c1ncccc1Cl. The second-order valence-corrected chi connectivity index (χ2v) is 9.85. The van der Waals surface area contributed by atoms with Gasteiger partial charge in [0.15, 0.2) is 23.6 Å². The summed E-state index contributed by atoms with van der Waals surface area (Å²) in [6.07, 6.45) is -7.22. The predicted octanol–water partition coefficient (Wildman–Crippen LogP) is 0.918. The molecule has 0 aliphatic carbocycles. The van der Waals surface area contributed by atoms with Crippen LogP contribution in [0.5, 0.6) is 0 Å². The Morgan fingerprint density at radius 3 is 2.40 bits per heavy atom. The first-order valence-electron chi connectivity index (χ1n) is 10.7. The highest BCUT2D eigenvalue weighted by molar-refractivity contribution is 7.43. The summed E-state index contributed by atoms with van der Waals surface area (Å²) < 4.78 is 57.4. The van der Waals surface area contributed by atoms with Crippen LogP contribution < -0.4 is 21.2 Å². The van der Waals surface area contributed by atoms with Gasteiger partial charge in [-0.15, -0.1) is 10.2 Å². The van der Waals surface area contributed by atoms with E-state index in [0.717, 1.165) is 4.68 Å². The van der Waals surface area contributed by atoms with E-state index in [9.17, 15) is 37.1 Å². The number of nitrogens with two attached hydrogens (primary N) is 1. The number of aromatic nitrogens is 7. The lowest BCUT2D eigenvalue weighted by molar-refractivity contribution is -0.354. The topological polar surface area (TPSA) is 199 Å². The van der Waals surface area contributed by atoms with Crippen molar-refractivity contribution in [3.8, 4) is 17.2 Å². The first-order valence-corrected chi connectivity index (χ1v) is 12.9. The quantitative estimate of drug-likeness (QED) is 0.262. The molecular weight excluding hydrogens is 607 g/mol. The smallest absolute Gasteiger partial charge is 0.416 e. The van der Waals surface area contributed by atoms with Crippen molar-refractivity contribution in [3.63, 3.8) is 0 Å². The van der Waals surface area contributed by atoms with Gasteiger partial charge in [-0.1, -0.05) is 23.2 Å². The van der Waals surface area contributed by atoms with E-state index in [1.807, 2.05) is 0 Å². The van der Waals surface area contributed by atoms with Crippen LogP contribution in [0.4, 0.5) is 13.2 Å². The molecule has 212 valence electrons. The summed E-state index contributed by atoms with van der Waals surface area (Å²) in [5.41, 5.74) is 4.28. The van der Waals surface area contributed by atoms with Gasteiger partial charge in [-0.25, -0.2) is 19.4 Å². The van der Waals surface area contributed by atoms with E-state index >= 15 is 0 Å². The fourth-order valence-corrected chi connectivity index (χ4v) is 4.26. The van der Waals surface area contributed by atoms with Gasteiger partial charge < -0.3 is 24.6 Å². The van der Waals surface area contributed by atoms with Gasteiger partial charge in [-0.05, 0) is 36.4 Å². The van der Waals surface area contributed by atoms with Crippen LogP contribution in [-0.4, -0.2) is 52.3 Å². The number of phosphoric acid groups is 1. The summed E-state index contributed by atoms with van der Waals surface area (Å²) in [6, 6.07) is 8.36. The predicted molar refractivity (Wildman–Crippen MR) is 127 cm³/mol. The van der Waals surface area contributed by atoms with Crippen molar-refractivity contribution in [2.45, 2.75) is 25.4 Å². The van der Waals surface area contributed by atoms with Crippen LogP contribution in [0.15, 0.2) is 47.4 Å². The van der Waals surface area contributed by atoms with E-state index in [1.54, 1.807) is 0 Å². The minimum atomic E-state index is -6.12. The number of nitrogens with zero attached hydrogens (tertiary/aromatic N) is 7. The molecule has 4 rings (SSSR count). The van der Waals surface area contributed by atoms with Gasteiger partial charge in [-0.2, -0.15) is 17.9 Å². The maximum atomic E-state index is 13.6. The van der Waals surface area contributed by atoms with E-state index in [1.165, 1.54) is 42.6 Å². The number of phosphoric ester groups is 1. The third kappa shape index (κ3) is 6.57. The average Bonchev–Trinajstić information content (AvgIpc) is 3.40. The van der Waals surface area contributed by atoms with E-state index in [-0.39, 0.29) is 33.1 Å². The van der Waals surface area contributed by atoms with Crippen LogP contribution in [-0.2, 0) is 22.2 Å². The minimum Gasteiger partial charge on any atom is -0.790 e. The zero-order chi connectivity index (χ0) is 29.4. The van der Waals surface area contributed by atoms with Gasteiger partial charge in [0.25, 0.3) is 5.91 Å². The fraction of sp³-hybridized carbons (Fsp3) is 0.200. The summed E-state index contributed by atoms with van der Waals surface area (Å²) in [5.74, 6) is -2.09. The van der Waals surface area contributed by atoms with Gasteiger partial charge in [0, 0.05) is 16.8 Å². The van der Waals surface area contributed by atoms with Crippen LogP contribution in [0.2, 0.25) is 10.0 Å². The number of benzene rings is 1. The second-order valence-electron chi connectivity index (χ2n) is 7.90. The third-order valence-electron chi connectivity index (χ3n) is 5.10. The van der Waals surface area contributed by atoms with E-state index in [4.69, 9.17) is 28.9 Å². The minimum absolute atomic E-state index is 0.0266. The molecule has 1 aromatic carbocycles. The van der Waals surface area contributed by atoms with Crippen molar-refractivity contribution in [1.29, 1.82) is 0 Å². The molecule has 1 amide bonds. The molecule has 0 aliphatic rings. The number of amides is 1. The highest BCUT2D eigenvalue weighted by Gasteiger charge is 2.42. The number of hydrogen-bond donors (Lipinski definition) is 1. The summed E-state index contributed by atoms with van der Waals surface area (Å²) in [6.45, 7) is -2.05. The van der Waals surface area contributed by atoms with Crippen LogP contribution in [0.1, 0.15) is 16.4 Å². The number of carbonyl (C=O) groups is 1. The van der Waals surface area contributed by atoms with Crippen molar-refractivity contribution >= 4 is 36.9 Å². The van der Waals surface area contributed by atoms with Crippen LogP contribution in [0.25, 0.3) is 17.2 Å². The number of pyridine rings is 1. The van der Waals surface area contributed by atoms with E-state index < -0.39 is 50.6 Å². The van der Waals surface area contributed by atoms with Crippen LogP contribution in [0.3, 0.4) is 0 Å². The molecule has 3 heterocycles. The molecular formula is C20H14Cl2F3N8O6P-2. The number of rotatable bonds is 9. The molecule has 0 aliphatic heterocycles. The van der Waals surface area contributed by atoms with Gasteiger partial charge in [0.1, 0.15) is 6.54 Å². The third-order valence-corrected chi connectivity index (χ3v) is 6.16. The average molecular weight is 621 g/mol. The Labute approximate surface area is 231 Å². The molecule has 4 aromatic rings. The first-order chi connectivity index (χ1) is 18.6. The first kappa shape index (κ1) is 29.4. The number of carbonyl (C=O) groups excluding carboxylic acids is 1. The fourth-order valence-electron chi connectivity index (χ4n) is 3.44. The summed E-state index contributed by atoms with van der Waals surface area (Å²) in [4.78, 5) is 55.1. The monoisotopic (exact) mass is 620 g/mol. The zero-order valence-electron chi connectivity index (χ0n) is 19.5. The maximum absolute atomic E-state index is 13.6. The molecule has 1 atom stereocenters. The van der Waals surface area contributed by atoms with E-state index in [0.29, 0.717) is 9.25 Å². The highest BCUT2D eigenvalue weighted by Crippen LogP contribution is 2.36. The van der Waals surface area contributed by atoms with Crippen LogP contribution in [0, 0.1) is 0 Å². The van der Waals surface area contributed by atoms with Crippen molar-refractivity contribution in [3.05, 3.63) is 74.8 Å². The standard InChI is InChI=1S/C20H16Cl2F3N8O6P/c21-11-5-3-10(4-6-11)16-30-32(19(35)31(16)8-13(20(23,24)25)39-40(36,37)38)9-14-28-18(15(26)34)33(29-14)17-12(22)2-1-7-27-17/h1-7,13H,8-9H2,(H2,26,34)(H2,36,37,38)/p-2/t13-/m0/s1. The Morgan fingerprint density at radius 2 is 1.82 bits per heavy atom. The van der Waals surface area contributed by atoms with Gasteiger partial charge in [-0.3, -0.25) is 9.36 Å². The molecule has 0 spiro atoms. The molecule has 40 heavy (non-hydrogen) atoms. The maximum Gasteiger partial charge on any atom is 0.416 e. The summed E-state index contributed by atoms with van der Waals surface area (Å²) >= 11 is 12.0. The van der Waals surface area contributed by atoms with Crippen molar-refractivity contribution in [2.24, 2.45) is 5.73 Å². The Hall–Kier alpha value is -3.60. The molecule has 3 aromatic heterocycles. The molecule has 0 saturated heterocycles. The Balaban J connectivity index is 1.81. The van der Waals surface area contributed by atoms with Gasteiger partial charge >= 0.3 is 11.9 Å². The second kappa shape index (κ2) is 11.1. The van der Waals surface area contributed by atoms with Gasteiger partial charge in [0.05, 0.1) is 19.4 Å². The van der Waals surface area contributed by atoms with Crippen molar-refractivity contribution in [2.75, 3.05) is 0 Å².